The van der Waals surface area contributed by atoms with Crippen LogP contribution in [0.4, 0.5) is 0 Å². The smallest absolute Gasteiger partial charge is 0.305 e. The van der Waals surface area contributed by atoms with E-state index in [9.17, 15) is 4.79 Å². The van der Waals surface area contributed by atoms with Crippen LogP contribution in [-0.2, 0) is 20.7 Å². The number of ether oxygens (including phenoxy) is 3. The van der Waals surface area contributed by atoms with Crippen molar-refractivity contribution in [3.05, 3.63) is 42.0 Å². The fourth-order valence-electron chi connectivity index (χ4n) is 2.15. The number of benzene rings is 2. The van der Waals surface area contributed by atoms with E-state index in [1.807, 2.05) is 36.4 Å². The number of methoxy groups -OCH3 is 2. The molecule has 0 saturated carbocycles. The molecule has 0 atom stereocenters. The van der Waals surface area contributed by atoms with Gasteiger partial charge in [-0.2, -0.15) is 0 Å². The van der Waals surface area contributed by atoms with Gasteiger partial charge in [0.25, 0.3) is 0 Å². The quantitative estimate of drug-likeness (QED) is 0.600. The Balaban J connectivity index is 2.30. The first kappa shape index (κ1) is 14.3. The monoisotopic (exact) mass is 274 g/mol. The lowest BCUT2D eigenvalue weighted by Crippen LogP contribution is -2.03. The van der Waals surface area contributed by atoms with Crippen molar-refractivity contribution >= 4 is 16.7 Å². The van der Waals surface area contributed by atoms with Crippen LogP contribution in [0.5, 0.6) is 5.75 Å². The zero-order chi connectivity index (χ0) is 14.4. The van der Waals surface area contributed by atoms with Crippen molar-refractivity contribution in [2.75, 3.05) is 21.0 Å². The van der Waals surface area contributed by atoms with Crippen molar-refractivity contribution < 1.29 is 19.0 Å². The molecule has 0 spiro atoms. The van der Waals surface area contributed by atoms with E-state index in [-0.39, 0.29) is 12.8 Å². The highest BCUT2D eigenvalue weighted by Crippen LogP contribution is 2.28. The van der Waals surface area contributed by atoms with Crippen LogP contribution in [0.15, 0.2) is 36.4 Å². The van der Waals surface area contributed by atoms with Crippen molar-refractivity contribution in [1.82, 2.24) is 0 Å². The highest BCUT2D eigenvalue weighted by molar-refractivity contribution is 5.91. The summed E-state index contributed by atoms with van der Waals surface area (Å²) in [6.45, 7) is 0.214. The SMILES string of the molecule is COCOc1cccc2c(CCC(=O)OC)cccc12. The molecule has 0 unspecified atom stereocenters. The van der Waals surface area contributed by atoms with Gasteiger partial charge in [0.2, 0.25) is 0 Å². The summed E-state index contributed by atoms with van der Waals surface area (Å²) in [6.07, 6.45) is 1.02. The Morgan fingerprint density at radius 1 is 1.05 bits per heavy atom. The maximum Gasteiger partial charge on any atom is 0.305 e. The van der Waals surface area contributed by atoms with Crippen LogP contribution in [0.1, 0.15) is 12.0 Å². The first-order valence-electron chi connectivity index (χ1n) is 6.45. The number of carbonyl (C=O) groups is 1. The van der Waals surface area contributed by atoms with Crippen LogP contribution in [-0.4, -0.2) is 27.0 Å². The molecule has 0 saturated heterocycles. The van der Waals surface area contributed by atoms with Gasteiger partial charge in [-0.05, 0) is 23.4 Å². The van der Waals surface area contributed by atoms with Crippen molar-refractivity contribution in [3.63, 3.8) is 0 Å². The van der Waals surface area contributed by atoms with Crippen molar-refractivity contribution in [2.45, 2.75) is 12.8 Å². The van der Waals surface area contributed by atoms with Crippen molar-refractivity contribution in [3.8, 4) is 5.75 Å². The number of fused-ring (bicyclic) bond motifs is 1. The third-order valence-corrected chi connectivity index (χ3v) is 3.13. The zero-order valence-corrected chi connectivity index (χ0v) is 11.7. The predicted octanol–water partition coefficient (Wildman–Crippen LogP) is 2.93. The summed E-state index contributed by atoms with van der Waals surface area (Å²) in [5, 5.41) is 2.11. The van der Waals surface area contributed by atoms with Crippen LogP contribution in [0.3, 0.4) is 0 Å². The van der Waals surface area contributed by atoms with E-state index in [4.69, 9.17) is 9.47 Å². The van der Waals surface area contributed by atoms with Gasteiger partial charge in [-0.1, -0.05) is 30.3 Å². The van der Waals surface area contributed by atoms with Crippen LogP contribution in [0.2, 0.25) is 0 Å². The van der Waals surface area contributed by atoms with Gasteiger partial charge in [0.15, 0.2) is 6.79 Å². The fraction of sp³-hybridized carbons (Fsp3) is 0.312. The second kappa shape index (κ2) is 6.91. The average Bonchev–Trinajstić information content (AvgIpc) is 2.50. The topological polar surface area (TPSA) is 44.8 Å². The minimum atomic E-state index is -0.200. The third-order valence-electron chi connectivity index (χ3n) is 3.13. The van der Waals surface area contributed by atoms with Gasteiger partial charge in [-0.15, -0.1) is 0 Å². The number of rotatable bonds is 6. The lowest BCUT2D eigenvalue weighted by Gasteiger charge is -2.11. The average molecular weight is 274 g/mol. The zero-order valence-electron chi connectivity index (χ0n) is 11.7. The lowest BCUT2D eigenvalue weighted by molar-refractivity contribution is -0.140. The van der Waals surface area contributed by atoms with Gasteiger partial charge < -0.3 is 14.2 Å². The summed E-state index contributed by atoms with van der Waals surface area (Å²) in [4.78, 5) is 11.3. The summed E-state index contributed by atoms with van der Waals surface area (Å²) in [6, 6.07) is 11.9. The van der Waals surface area contributed by atoms with Gasteiger partial charge in [0, 0.05) is 18.9 Å². The van der Waals surface area contributed by atoms with Crippen LogP contribution in [0.25, 0.3) is 10.8 Å². The predicted molar refractivity (Wildman–Crippen MR) is 76.8 cm³/mol. The number of hydrogen-bond donors (Lipinski definition) is 0. The second-order valence-corrected chi connectivity index (χ2v) is 4.40. The standard InChI is InChI=1S/C16H18O4/c1-18-11-20-15-8-4-6-13-12(5-3-7-14(13)15)9-10-16(17)19-2/h3-8H,9-11H2,1-2H3. The molecule has 0 aliphatic heterocycles. The Morgan fingerprint density at radius 2 is 1.80 bits per heavy atom. The van der Waals surface area contributed by atoms with Crippen LogP contribution < -0.4 is 4.74 Å². The van der Waals surface area contributed by atoms with Gasteiger partial charge in [-0.3, -0.25) is 4.79 Å². The molecule has 2 rings (SSSR count). The first-order valence-corrected chi connectivity index (χ1v) is 6.45. The van der Waals surface area contributed by atoms with Gasteiger partial charge in [0.1, 0.15) is 5.75 Å². The first-order chi connectivity index (χ1) is 9.76. The summed E-state index contributed by atoms with van der Waals surface area (Å²) in [5.41, 5.74) is 1.11. The molecular formula is C16H18O4. The summed E-state index contributed by atoms with van der Waals surface area (Å²) >= 11 is 0. The molecule has 2 aromatic carbocycles. The van der Waals surface area contributed by atoms with E-state index in [1.54, 1.807) is 7.11 Å². The maximum atomic E-state index is 11.3. The molecule has 0 N–H and O–H groups in total. The van der Waals surface area contributed by atoms with E-state index in [2.05, 4.69) is 4.74 Å². The molecule has 0 radical (unpaired) electrons. The lowest BCUT2D eigenvalue weighted by atomic mass is 10.0. The summed E-state index contributed by atoms with van der Waals surface area (Å²) < 4.78 is 15.2. The molecule has 106 valence electrons. The highest BCUT2D eigenvalue weighted by Gasteiger charge is 2.08. The van der Waals surface area contributed by atoms with Gasteiger partial charge in [0.05, 0.1) is 7.11 Å². The maximum absolute atomic E-state index is 11.3. The van der Waals surface area contributed by atoms with Crippen LogP contribution >= 0.6 is 0 Å². The molecular weight excluding hydrogens is 256 g/mol. The Morgan fingerprint density at radius 3 is 2.55 bits per heavy atom. The van der Waals surface area contributed by atoms with E-state index in [0.29, 0.717) is 12.8 Å². The number of esters is 1. The molecule has 0 bridgehead atoms. The van der Waals surface area contributed by atoms with Gasteiger partial charge in [-0.25, -0.2) is 0 Å². The minimum Gasteiger partial charge on any atom is -0.469 e. The molecule has 4 nitrogen and oxygen atoms in total. The van der Waals surface area contributed by atoms with E-state index in [1.165, 1.54) is 7.11 Å². The Labute approximate surface area is 118 Å². The Hall–Kier alpha value is -2.07. The molecule has 0 fully saturated rings. The van der Waals surface area contributed by atoms with E-state index in [0.717, 1.165) is 22.1 Å². The van der Waals surface area contributed by atoms with Crippen LogP contribution in [0, 0.1) is 0 Å². The highest BCUT2D eigenvalue weighted by atomic mass is 16.7. The van der Waals surface area contributed by atoms with Crippen molar-refractivity contribution in [1.29, 1.82) is 0 Å². The second-order valence-electron chi connectivity index (χ2n) is 4.40. The van der Waals surface area contributed by atoms with Gasteiger partial charge >= 0.3 is 5.97 Å². The minimum absolute atomic E-state index is 0.200. The molecule has 4 heteroatoms. The summed E-state index contributed by atoms with van der Waals surface area (Å²) in [5.74, 6) is 0.582. The molecule has 0 aliphatic carbocycles. The largest absolute Gasteiger partial charge is 0.469 e. The number of carbonyl (C=O) groups excluding carboxylic acids is 1. The molecule has 0 heterocycles. The van der Waals surface area contributed by atoms with E-state index < -0.39 is 0 Å². The normalized spacial score (nSPS) is 10.5. The molecule has 20 heavy (non-hydrogen) atoms. The molecule has 0 amide bonds. The summed E-state index contributed by atoms with van der Waals surface area (Å²) in [7, 11) is 3.00. The molecule has 0 aromatic heterocycles. The fourth-order valence-corrected chi connectivity index (χ4v) is 2.15. The van der Waals surface area contributed by atoms with E-state index >= 15 is 0 Å². The Kier molecular flexibility index (Phi) is 4.96. The van der Waals surface area contributed by atoms with Crippen molar-refractivity contribution in [2.24, 2.45) is 0 Å². The molecule has 0 aliphatic rings. The number of aryl methyl sites for hydroxylation is 1. The Bertz CT molecular complexity index is 592. The molecule has 2 aromatic rings. The number of hydrogen-bond acceptors (Lipinski definition) is 4. The third kappa shape index (κ3) is 3.27.